The summed E-state index contributed by atoms with van der Waals surface area (Å²) in [5.41, 5.74) is 1.52. The van der Waals surface area contributed by atoms with Crippen molar-refractivity contribution in [1.82, 2.24) is 0 Å². The summed E-state index contributed by atoms with van der Waals surface area (Å²) in [5, 5.41) is 0. The van der Waals surface area contributed by atoms with Gasteiger partial charge in [0.2, 0.25) is 0 Å². The normalized spacial score (nSPS) is 13.1. The highest BCUT2D eigenvalue weighted by atomic mass is 16.5. The van der Waals surface area contributed by atoms with Crippen LogP contribution >= 0.6 is 0 Å². The number of aliphatic imine (C=N–C) groups is 1. The second-order valence-electron chi connectivity index (χ2n) is 7.18. The number of rotatable bonds is 4. The van der Waals surface area contributed by atoms with Crippen LogP contribution in [0.15, 0.2) is 35.3 Å². The highest BCUT2D eigenvalue weighted by Crippen LogP contribution is 2.27. The van der Waals surface area contributed by atoms with Crippen molar-refractivity contribution in [3.8, 4) is 0 Å². The Balaban J connectivity index is 3.03. The fourth-order valence-corrected chi connectivity index (χ4v) is 1.77. The average molecular weight is 289 g/mol. The van der Waals surface area contributed by atoms with Crippen LogP contribution in [0.5, 0.6) is 0 Å². The lowest BCUT2D eigenvalue weighted by Gasteiger charge is -2.25. The van der Waals surface area contributed by atoms with Gasteiger partial charge in [0.25, 0.3) is 0 Å². The van der Waals surface area contributed by atoms with Gasteiger partial charge in [0.15, 0.2) is 0 Å². The van der Waals surface area contributed by atoms with Crippen molar-refractivity contribution in [2.75, 3.05) is 6.61 Å². The minimum Gasteiger partial charge on any atom is -0.447 e. The molecule has 1 aromatic rings. The highest BCUT2D eigenvalue weighted by Gasteiger charge is 2.26. The molecule has 1 amide bonds. The third-order valence-corrected chi connectivity index (χ3v) is 3.40. The summed E-state index contributed by atoms with van der Waals surface area (Å²) in [4.78, 5) is 16.3. The van der Waals surface area contributed by atoms with E-state index in [0.29, 0.717) is 6.61 Å². The smallest absolute Gasteiger partial charge is 0.433 e. The number of hydrogen-bond donors (Lipinski definition) is 0. The largest absolute Gasteiger partial charge is 0.447 e. The van der Waals surface area contributed by atoms with E-state index in [1.807, 2.05) is 51.1 Å². The summed E-state index contributed by atoms with van der Waals surface area (Å²) in [6.45, 7) is 12.7. The summed E-state index contributed by atoms with van der Waals surface area (Å²) in [6.07, 6.45) is 0.387. The van der Waals surface area contributed by atoms with Crippen LogP contribution in [-0.4, -0.2) is 18.4 Å². The van der Waals surface area contributed by atoms with Crippen molar-refractivity contribution in [2.24, 2.45) is 15.8 Å². The van der Waals surface area contributed by atoms with Crippen molar-refractivity contribution in [2.45, 2.75) is 48.0 Å². The summed E-state index contributed by atoms with van der Waals surface area (Å²) < 4.78 is 5.27. The van der Waals surface area contributed by atoms with Crippen molar-refractivity contribution < 1.29 is 9.53 Å². The number of hydrogen-bond acceptors (Lipinski definition) is 2. The first-order valence-corrected chi connectivity index (χ1v) is 7.47. The Kier molecular flexibility index (Phi) is 5.70. The monoisotopic (exact) mass is 289 g/mol. The lowest BCUT2D eigenvalue weighted by molar-refractivity contribution is 0.115. The molecule has 0 aliphatic rings. The van der Waals surface area contributed by atoms with E-state index in [-0.39, 0.29) is 10.8 Å². The van der Waals surface area contributed by atoms with E-state index in [4.69, 9.17) is 4.74 Å². The van der Waals surface area contributed by atoms with Gasteiger partial charge < -0.3 is 4.74 Å². The third-order valence-electron chi connectivity index (χ3n) is 3.40. The summed E-state index contributed by atoms with van der Waals surface area (Å²) >= 11 is 0. The van der Waals surface area contributed by atoms with Crippen molar-refractivity contribution in [3.05, 3.63) is 35.9 Å². The average Bonchev–Trinajstić information content (AvgIpc) is 2.42. The van der Waals surface area contributed by atoms with Gasteiger partial charge in [0, 0.05) is 5.41 Å². The van der Waals surface area contributed by atoms with Crippen molar-refractivity contribution >= 4 is 11.8 Å². The lowest BCUT2D eigenvalue weighted by atomic mass is 9.81. The van der Waals surface area contributed by atoms with Gasteiger partial charge in [-0.05, 0) is 17.4 Å². The second kappa shape index (κ2) is 6.88. The van der Waals surface area contributed by atoms with Gasteiger partial charge in [-0.15, -0.1) is 0 Å². The first kappa shape index (κ1) is 17.4. The van der Waals surface area contributed by atoms with E-state index < -0.39 is 6.09 Å². The van der Waals surface area contributed by atoms with E-state index in [2.05, 4.69) is 25.8 Å². The Morgan fingerprint density at radius 1 is 1.10 bits per heavy atom. The van der Waals surface area contributed by atoms with E-state index >= 15 is 0 Å². The number of benzene rings is 1. The fourth-order valence-electron chi connectivity index (χ4n) is 1.77. The molecule has 0 atom stereocenters. The maximum atomic E-state index is 12.0. The predicted molar refractivity (Wildman–Crippen MR) is 87.9 cm³/mol. The van der Waals surface area contributed by atoms with Gasteiger partial charge in [-0.2, -0.15) is 4.99 Å². The molecule has 0 fully saturated rings. The molecule has 21 heavy (non-hydrogen) atoms. The van der Waals surface area contributed by atoms with Crippen molar-refractivity contribution in [3.63, 3.8) is 0 Å². The SMILES string of the molecule is CCC(C)(C)/C(=N/C(=O)OCC(C)(C)C)c1ccccc1. The maximum absolute atomic E-state index is 12.0. The molecule has 116 valence electrons. The topological polar surface area (TPSA) is 38.7 Å². The second-order valence-corrected chi connectivity index (χ2v) is 7.18. The Hall–Kier alpha value is -1.64. The minimum absolute atomic E-state index is 0.0572. The molecule has 0 saturated heterocycles. The molecule has 0 N–H and O–H groups in total. The lowest BCUT2D eigenvalue weighted by Crippen LogP contribution is -2.26. The molecular weight excluding hydrogens is 262 g/mol. The Bertz CT molecular complexity index is 496. The first-order valence-electron chi connectivity index (χ1n) is 7.47. The van der Waals surface area contributed by atoms with Gasteiger partial charge in [0.1, 0.15) is 0 Å². The van der Waals surface area contributed by atoms with Gasteiger partial charge in [-0.25, -0.2) is 4.79 Å². The van der Waals surface area contributed by atoms with Crippen LogP contribution in [0.25, 0.3) is 0 Å². The number of nitrogens with zero attached hydrogens (tertiary/aromatic N) is 1. The number of carbonyl (C=O) groups excluding carboxylic acids is 1. The Morgan fingerprint density at radius 2 is 1.67 bits per heavy atom. The van der Waals surface area contributed by atoms with Crippen LogP contribution in [-0.2, 0) is 4.74 Å². The first-order chi connectivity index (χ1) is 9.65. The van der Waals surface area contributed by atoms with Crippen molar-refractivity contribution in [1.29, 1.82) is 0 Å². The van der Waals surface area contributed by atoms with Gasteiger partial charge >= 0.3 is 6.09 Å². The molecule has 1 aromatic carbocycles. The summed E-state index contributed by atoms with van der Waals surface area (Å²) in [5.74, 6) is 0. The fraction of sp³-hybridized carbons (Fsp3) is 0.556. The maximum Gasteiger partial charge on any atom is 0.433 e. The van der Waals surface area contributed by atoms with E-state index in [1.54, 1.807) is 0 Å². The Labute approximate surface area is 128 Å². The molecule has 0 unspecified atom stereocenters. The molecular formula is C18H27NO2. The van der Waals surface area contributed by atoms with Crippen LogP contribution < -0.4 is 0 Å². The van der Waals surface area contributed by atoms with Crippen LogP contribution in [0.4, 0.5) is 4.79 Å². The molecule has 3 nitrogen and oxygen atoms in total. The van der Waals surface area contributed by atoms with Gasteiger partial charge in [0.05, 0.1) is 12.3 Å². The van der Waals surface area contributed by atoms with Gasteiger partial charge in [-0.1, -0.05) is 71.9 Å². The van der Waals surface area contributed by atoms with Gasteiger partial charge in [-0.3, -0.25) is 0 Å². The number of ether oxygens (including phenoxy) is 1. The van der Waals surface area contributed by atoms with E-state index in [0.717, 1.165) is 17.7 Å². The van der Waals surface area contributed by atoms with E-state index in [9.17, 15) is 4.79 Å². The number of carbonyl (C=O) groups is 1. The molecule has 0 aliphatic carbocycles. The molecule has 0 bridgehead atoms. The molecule has 0 aromatic heterocycles. The van der Waals surface area contributed by atoms with Crippen LogP contribution in [0.2, 0.25) is 0 Å². The quantitative estimate of drug-likeness (QED) is 0.724. The van der Waals surface area contributed by atoms with Crippen LogP contribution in [0.1, 0.15) is 53.5 Å². The number of amides is 1. The molecule has 1 rings (SSSR count). The standard InChI is InChI=1S/C18H27NO2/c1-7-18(5,6)15(14-11-9-8-10-12-14)19-16(20)21-13-17(2,3)4/h8-12H,7,13H2,1-6H3/b19-15+. The third kappa shape index (κ3) is 5.70. The molecule has 3 heteroatoms. The zero-order valence-electron chi connectivity index (χ0n) is 14.1. The summed E-state index contributed by atoms with van der Waals surface area (Å²) in [7, 11) is 0. The molecule has 0 saturated carbocycles. The Morgan fingerprint density at radius 3 is 2.14 bits per heavy atom. The van der Waals surface area contributed by atoms with Crippen LogP contribution in [0.3, 0.4) is 0 Å². The minimum atomic E-state index is -0.509. The highest BCUT2D eigenvalue weighted by molar-refractivity contribution is 6.08. The van der Waals surface area contributed by atoms with E-state index in [1.165, 1.54) is 0 Å². The zero-order valence-corrected chi connectivity index (χ0v) is 14.1. The molecule has 0 spiro atoms. The molecule has 0 radical (unpaired) electrons. The molecule has 0 aliphatic heterocycles. The molecule has 0 heterocycles. The predicted octanol–water partition coefficient (Wildman–Crippen LogP) is 5.09. The zero-order chi connectivity index (χ0) is 16.1. The summed E-state index contributed by atoms with van der Waals surface area (Å²) in [6, 6.07) is 9.83. The van der Waals surface area contributed by atoms with Crippen LogP contribution in [0, 0.1) is 10.8 Å².